The lowest BCUT2D eigenvalue weighted by molar-refractivity contribution is -0.218. The minimum atomic E-state index is -1.34. The second-order valence-corrected chi connectivity index (χ2v) is 11.7. The van der Waals surface area contributed by atoms with Crippen molar-refractivity contribution in [2.75, 3.05) is 20.8 Å². The molecule has 0 unspecified atom stereocenters. The van der Waals surface area contributed by atoms with E-state index < -0.39 is 72.8 Å². The van der Waals surface area contributed by atoms with Crippen molar-refractivity contribution in [2.45, 2.75) is 67.9 Å². The largest absolute Gasteiger partial charge is 0.394 e. The fourth-order valence-electron chi connectivity index (χ4n) is 6.49. The van der Waals surface area contributed by atoms with E-state index >= 15 is 0 Å². The van der Waals surface area contributed by atoms with Gasteiger partial charge < -0.3 is 29.7 Å². The third kappa shape index (κ3) is 6.03. The molecule has 1 amide bonds. The van der Waals surface area contributed by atoms with Gasteiger partial charge in [0.1, 0.15) is 47.4 Å². The van der Waals surface area contributed by atoms with Gasteiger partial charge in [-0.25, -0.2) is 18.1 Å². The number of ether oxygens (including phenoxy) is 2. The molecule has 2 aromatic carbocycles. The minimum absolute atomic E-state index is 0.332. The van der Waals surface area contributed by atoms with Crippen LogP contribution in [0.3, 0.4) is 0 Å². The van der Waals surface area contributed by atoms with Gasteiger partial charge in [0.15, 0.2) is 6.10 Å². The molecule has 3 heterocycles. The number of carbonyl (C=O) groups excluding carboxylic acids is 1. The zero-order chi connectivity index (χ0) is 32.5. The second kappa shape index (κ2) is 13.3. The van der Waals surface area contributed by atoms with E-state index in [4.69, 9.17) is 9.47 Å². The highest BCUT2D eigenvalue weighted by Crippen LogP contribution is 2.36. The number of carbonyl (C=O) groups is 1. The molecule has 2 fully saturated rings. The van der Waals surface area contributed by atoms with Gasteiger partial charge in [-0.2, -0.15) is 0 Å². The number of methoxy groups -OCH3 is 1. The topological polar surface area (TPSA) is 161 Å². The first-order valence-electron chi connectivity index (χ1n) is 15.0. The zero-order valence-electron chi connectivity index (χ0n) is 25.2. The van der Waals surface area contributed by atoms with E-state index in [1.807, 2.05) is 0 Å². The fourth-order valence-corrected chi connectivity index (χ4v) is 6.49. The van der Waals surface area contributed by atoms with Crippen molar-refractivity contribution in [3.8, 4) is 22.5 Å². The summed E-state index contributed by atoms with van der Waals surface area (Å²) >= 11 is 0. The minimum Gasteiger partial charge on any atom is -0.394 e. The summed E-state index contributed by atoms with van der Waals surface area (Å²) in [7, 11) is 2.92. The molecular weight excluding hydrogens is 604 g/mol. The number of aliphatic hydroxyl groups excluding tert-OH is 3. The van der Waals surface area contributed by atoms with Crippen LogP contribution in [-0.2, 0) is 14.3 Å². The van der Waals surface area contributed by atoms with Crippen LogP contribution < -0.4 is 0 Å². The smallest absolute Gasteiger partial charge is 0.254 e. The summed E-state index contributed by atoms with van der Waals surface area (Å²) in [6.45, 7) is -0.596. The molecule has 0 bridgehead atoms. The number of rotatable bonds is 8. The van der Waals surface area contributed by atoms with Crippen molar-refractivity contribution in [2.24, 2.45) is 0 Å². The molecule has 1 saturated heterocycles. The average Bonchev–Trinajstić information content (AvgIpc) is 3.75. The van der Waals surface area contributed by atoms with Gasteiger partial charge in [0.05, 0.1) is 37.2 Å². The highest BCUT2D eigenvalue weighted by Gasteiger charge is 2.51. The quantitative estimate of drug-likeness (QED) is 0.259. The van der Waals surface area contributed by atoms with Crippen molar-refractivity contribution >= 4 is 5.91 Å². The number of likely N-dealkylation sites (N-methyl/N-ethyl adjacent to an activating group) is 1. The van der Waals surface area contributed by atoms with Crippen molar-refractivity contribution < 1.29 is 38.4 Å². The molecular formula is C31H35F2N7O6. The number of aliphatic hydroxyl groups is 3. The van der Waals surface area contributed by atoms with E-state index in [9.17, 15) is 28.9 Å². The molecule has 0 radical (unpaired) electrons. The Balaban J connectivity index is 1.23. The van der Waals surface area contributed by atoms with Gasteiger partial charge in [0.2, 0.25) is 0 Å². The molecule has 6 rings (SSSR count). The molecule has 244 valence electrons. The predicted molar refractivity (Wildman–Crippen MR) is 158 cm³/mol. The molecule has 4 aromatic rings. The van der Waals surface area contributed by atoms with Crippen molar-refractivity contribution in [3.63, 3.8) is 0 Å². The Morgan fingerprint density at radius 2 is 1.59 bits per heavy atom. The number of nitrogens with zero attached hydrogens (tertiary/aromatic N) is 7. The molecule has 1 aliphatic carbocycles. The number of halogens is 2. The molecule has 0 spiro atoms. The zero-order valence-corrected chi connectivity index (χ0v) is 25.2. The van der Waals surface area contributed by atoms with Gasteiger partial charge in [-0.1, -0.05) is 34.7 Å². The summed E-state index contributed by atoms with van der Waals surface area (Å²) in [4.78, 5) is 15.5. The van der Waals surface area contributed by atoms with Crippen LogP contribution in [0.1, 0.15) is 31.3 Å². The Labute approximate surface area is 263 Å². The van der Waals surface area contributed by atoms with Gasteiger partial charge in [-0.05, 0) is 43.5 Å². The lowest BCUT2D eigenvalue weighted by Gasteiger charge is -2.46. The maximum absolute atomic E-state index is 14.1. The van der Waals surface area contributed by atoms with Gasteiger partial charge in [-0.3, -0.25) is 4.79 Å². The molecule has 13 nitrogen and oxygen atoms in total. The number of amides is 1. The summed E-state index contributed by atoms with van der Waals surface area (Å²) in [5.74, 6) is -1.39. The highest BCUT2D eigenvalue weighted by molar-refractivity contribution is 5.82. The molecule has 2 aliphatic rings. The van der Waals surface area contributed by atoms with Gasteiger partial charge in [0, 0.05) is 25.3 Å². The Kier molecular flexibility index (Phi) is 9.20. The van der Waals surface area contributed by atoms with Gasteiger partial charge >= 0.3 is 0 Å². The van der Waals surface area contributed by atoms with Crippen LogP contribution in [-0.4, -0.2) is 113 Å². The van der Waals surface area contributed by atoms with E-state index in [-0.39, 0.29) is 0 Å². The Morgan fingerprint density at radius 3 is 2.17 bits per heavy atom. The fraction of sp³-hybridized carbons (Fsp3) is 0.452. The average molecular weight is 640 g/mol. The van der Waals surface area contributed by atoms with Crippen LogP contribution in [0.15, 0.2) is 60.9 Å². The van der Waals surface area contributed by atoms with Crippen LogP contribution in [0.25, 0.3) is 22.5 Å². The molecule has 1 aliphatic heterocycles. The normalized spacial score (nSPS) is 28.2. The van der Waals surface area contributed by atoms with Crippen molar-refractivity contribution in [3.05, 3.63) is 72.6 Å². The molecule has 3 N–H and O–H groups in total. The maximum atomic E-state index is 14.1. The first-order valence-corrected chi connectivity index (χ1v) is 15.0. The van der Waals surface area contributed by atoms with Crippen LogP contribution in [0, 0.1) is 11.6 Å². The number of aromatic nitrogens is 6. The van der Waals surface area contributed by atoms with Crippen molar-refractivity contribution in [1.82, 2.24) is 34.9 Å². The van der Waals surface area contributed by atoms with Crippen LogP contribution >= 0.6 is 0 Å². The maximum Gasteiger partial charge on any atom is 0.254 e. The highest BCUT2D eigenvalue weighted by atomic mass is 19.1. The first-order chi connectivity index (χ1) is 22.2. The Morgan fingerprint density at radius 1 is 0.978 bits per heavy atom. The Bertz CT molecular complexity index is 1670. The van der Waals surface area contributed by atoms with Gasteiger partial charge in [0.25, 0.3) is 5.91 Å². The van der Waals surface area contributed by atoms with E-state index in [1.165, 1.54) is 53.2 Å². The van der Waals surface area contributed by atoms with E-state index in [2.05, 4.69) is 20.6 Å². The summed E-state index contributed by atoms with van der Waals surface area (Å²) in [5.41, 5.74) is 1.79. The van der Waals surface area contributed by atoms with E-state index in [0.717, 1.165) is 0 Å². The van der Waals surface area contributed by atoms with Gasteiger partial charge in [-0.15, -0.1) is 10.2 Å². The standard InChI is InChI=1S/C31H35F2N7O6/c1-38(23-10-5-11-24(27(23)42)39-14-21(34-36-39)17-6-3-8-19(32)12-17)31(44)30-29(45-2)26(28(43)25(16-41)46-30)40-15-22(35-37-40)18-7-4-9-20(33)13-18/h3-4,6-9,12-15,23-30,41-43H,5,10-11,16H2,1-2H3/t23-,24+,25+,26-,27+,28-,29+,30+/m0/s1. The number of benzene rings is 2. The number of hydrogen-bond acceptors (Lipinski definition) is 10. The van der Waals surface area contributed by atoms with Crippen LogP contribution in [0.5, 0.6) is 0 Å². The van der Waals surface area contributed by atoms with Crippen LogP contribution in [0.4, 0.5) is 8.78 Å². The number of hydrogen-bond donors (Lipinski definition) is 3. The molecule has 2 aromatic heterocycles. The monoisotopic (exact) mass is 639 g/mol. The summed E-state index contributed by atoms with van der Waals surface area (Å²) in [5, 5.41) is 49.4. The lowest BCUT2D eigenvalue weighted by Crippen LogP contribution is -2.62. The summed E-state index contributed by atoms with van der Waals surface area (Å²) in [6, 6.07) is 9.62. The molecule has 1 saturated carbocycles. The van der Waals surface area contributed by atoms with E-state index in [1.54, 1.807) is 36.1 Å². The third-order valence-corrected chi connectivity index (χ3v) is 8.92. The molecule has 8 atom stereocenters. The Hall–Kier alpha value is -4.15. The first kappa shape index (κ1) is 31.8. The van der Waals surface area contributed by atoms with Crippen LogP contribution in [0.2, 0.25) is 0 Å². The van der Waals surface area contributed by atoms with E-state index in [0.29, 0.717) is 41.8 Å². The predicted octanol–water partition coefficient (Wildman–Crippen LogP) is 1.77. The second-order valence-electron chi connectivity index (χ2n) is 11.7. The molecule has 15 heteroatoms. The lowest BCUT2D eigenvalue weighted by atomic mass is 9.86. The van der Waals surface area contributed by atoms with Crippen molar-refractivity contribution in [1.29, 1.82) is 0 Å². The molecule has 46 heavy (non-hydrogen) atoms. The summed E-state index contributed by atoms with van der Waals surface area (Å²) in [6.07, 6.45) is -1.02. The SMILES string of the molecule is CO[C@@H]1[C@@H](n2cc(-c3cccc(F)c3)nn2)[C@@H](O)[C@@H](CO)O[C@H]1C(=O)N(C)[C@H]1CCC[C@@H](n2cc(-c3cccc(F)c3)nn2)[C@@H]1O. The summed E-state index contributed by atoms with van der Waals surface area (Å²) < 4.78 is 42.1. The third-order valence-electron chi connectivity index (χ3n) is 8.92.